The molecule has 18 heavy (non-hydrogen) atoms. The number of ether oxygens (including phenoxy) is 1. The van der Waals surface area contributed by atoms with Crippen molar-refractivity contribution >= 4 is 5.69 Å². The summed E-state index contributed by atoms with van der Waals surface area (Å²) in [5, 5.41) is 3.32. The molecule has 2 aromatic rings. The van der Waals surface area contributed by atoms with Crippen LogP contribution in [-0.2, 0) is 6.54 Å². The first kappa shape index (κ1) is 12.4. The van der Waals surface area contributed by atoms with Gasteiger partial charge in [0.1, 0.15) is 5.75 Å². The Morgan fingerprint density at radius 2 is 2.00 bits per heavy atom. The first-order chi connectivity index (χ1) is 8.88. The Bertz CT molecular complexity index is 454. The third kappa shape index (κ3) is 3.77. The molecule has 0 atom stereocenters. The summed E-state index contributed by atoms with van der Waals surface area (Å²) in [6.45, 7) is 3.67. The van der Waals surface area contributed by atoms with Gasteiger partial charge in [-0.3, -0.25) is 4.98 Å². The van der Waals surface area contributed by atoms with Gasteiger partial charge in [-0.15, -0.1) is 0 Å². The lowest BCUT2D eigenvalue weighted by atomic mass is 10.2. The number of nitrogens with one attached hydrogen (secondary N) is 1. The standard InChI is InChI=1S/C15H18N2O/c1-2-10-18-15-7-5-13(6-8-15)11-17-14-4-3-9-16-12-14/h3-9,12,17H,2,10-11H2,1H3. The summed E-state index contributed by atoms with van der Waals surface area (Å²) in [4.78, 5) is 4.06. The van der Waals surface area contributed by atoms with Gasteiger partial charge >= 0.3 is 0 Å². The molecule has 0 saturated heterocycles. The van der Waals surface area contributed by atoms with E-state index < -0.39 is 0 Å². The Morgan fingerprint density at radius 1 is 1.17 bits per heavy atom. The first-order valence-corrected chi connectivity index (χ1v) is 6.24. The number of hydrogen-bond donors (Lipinski definition) is 1. The minimum Gasteiger partial charge on any atom is -0.494 e. The maximum absolute atomic E-state index is 5.54. The van der Waals surface area contributed by atoms with Crippen LogP contribution in [-0.4, -0.2) is 11.6 Å². The van der Waals surface area contributed by atoms with E-state index in [1.807, 2.05) is 30.5 Å². The second-order valence-electron chi connectivity index (χ2n) is 4.09. The average Bonchev–Trinajstić information content (AvgIpc) is 2.45. The van der Waals surface area contributed by atoms with Crippen molar-refractivity contribution < 1.29 is 4.74 Å². The lowest BCUT2D eigenvalue weighted by Gasteiger charge is -2.08. The van der Waals surface area contributed by atoms with Gasteiger partial charge in [-0.25, -0.2) is 0 Å². The zero-order valence-electron chi connectivity index (χ0n) is 10.6. The number of anilines is 1. The first-order valence-electron chi connectivity index (χ1n) is 6.24. The van der Waals surface area contributed by atoms with Crippen molar-refractivity contribution in [2.75, 3.05) is 11.9 Å². The van der Waals surface area contributed by atoms with Crippen molar-refractivity contribution in [1.82, 2.24) is 4.98 Å². The Morgan fingerprint density at radius 3 is 2.67 bits per heavy atom. The van der Waals surface area contributed by atoms with E-state index in [2.05, 4.69) is 29.4 Å². The van der Waals surface area contributed by atoms with E-state index in [1.165, 1.54) is 5.56 Å². The average molecular weight is 242 g/mol. The SMILES string of the molecule is CCCOc1ccc(CNc2cccnc2)cc1. The van der Waals surface area contributed by atoms with Crippen molar-refractivity contribution in [3.05, 3.63) is 54.4 Å². The molecule has 1 heterocycles. The van der Waals surface area contributed by atoms with Crippen molar-refractivity contribution in [3.63, 3.8) is 0 Å². The molecule has 0 spiro atoms. The van der Waals surface area contributed by atoms with Gasteiger partial charge in [-0.05, 0) is 36.2 Å². The van der Waals surface area contributed by atoms with Gasteiger partial charge in [-0.1, -0.05) is 19.1 Å². The number of aromatic nitrogens is 1. The number of benzene rings is 1. The highest BCUT2D eigenvalue weighted by molar-refractivity contribution is 5.41. The molecule has 94 valence electrons. The highest BCUT2D eigenvalue weighted by Crippen LogP contribution is 2.13. The maximum Gasteiger partial charge on any atom is 0.119 e. The van der Waals surface area contributed by atoms with Crippen LogP contribution < -0.4 is 10.1 Å². The van der Waals surface area contributed by atoms with E-state index in [0.29, 0.717) is 0 Å². The van der Waals surface area contributed by atoms with Crippen molar-refractivity contribution in [2.45, 2.75) is 19.9 Å². The largest absolute Gasteiger partial charge is 0.494 e. The number of hydrogen-bond acceptors (Lipinski definition) is 3. The van der Waals surface area contributed by atoms with E-state index >= 15 is 0 Å². The van der Waals surface area contributed by atoms with Gasteiger partial charge in [-0.2, -0.15) is 0 Å². The summed E-state index contributed by atoms with van der Waals surface area (Å²) in [6, 6.07) is 12.1. The van der Waals surface area contributed by atoms with Crippen LogP contribution in [0.4, 0.5) is 5.69 Å². The van der Waals surface area contributed by atoms with Crippen LogP contribution in [0.2, 0.25) is 0 Å². The van der Waals surface area contributed by atoms with E-state index in [-0.39, 0.29) is 0 Å². The lowest BCUT2D eigenvalue weighted by molar-refractivity contribution is 0.317. The summed E-state index contributed by atoms with van der Waals surface area (Å²) in [7, 11) is 0. The monoisotopic (exact) mass is 242 g/mol. The van der Waals surface area contributed by atoms with Crippen LogP contribution in [0.5, 0.6) is 5.75 Å². The number of rotatable bonds is 6. The second kappa shape index (κ2) is 6.64. The zero-order chi connectivity index (χ0) is 12.6. The quantitative estimate of drug-likeness (QED) is 0.842. The highest BCUT2D eigenvalue weighted by Gasteiger charge is 1.96. The molecule has 0 radical (unpaired) electrons. The van der Waals surface area contributed by atoms with Gasteiger partial charge in [0.25, 0.3) is 0 Å². The predicted octanol–water partition coefficient (Wildman–Crippen LogP) is 3.48. The summed E-state index contributed by atoms with van der Waals surface area (Å²) >= 11 is 0. The van der Waals surface area contributed by atoms with Gasteiger partial charge in [0, 0.05) is 18.9 Å². The van der Waals surface area contributed by atoms with Crippen molar-refractivity contribution in [1.29, 1.82) is 0 Å². The Kier molecular flexibility index (Phi) is 4.59. The van der Waals surface area contributed by atoms with Gasteiger partial charge in [0.05, 0.1) is 12.3 Å². The normalized spacial score (nSPS) is 10.1. The molecule has 3 nitrogen and oxygen atoms in total. The van der Waals surface area contributed by atoms with Crippen molar-refractivity contribution in [2.24, 2.45) is 0 Å². The topological polar surface area (TPSA) is 34.1 Å². The predicted molar refractivity (Wildman–Crippen MR) is 73.8 cm³/mol. The fourth-order valence-corrected chi connectivity index (χ4v) is 1.59. The van der Waals surface area contributed by atoms with E-state index in [4.69, 9.17) is 4.74 Å². The van der Waals surface area contributed by atoms with Gasteiger partial charge in [0.2, 0.25) is 0 Å². The summed E-state index contributed by atoms with van der Waals surface area (Å²) in [5.74, 6) is 0.932. The van der Waals surface area contributed by atoms with Crippen LogP contribution in [0, 0.1) is 0 Å². The molecule has 0 aliphatic rings. The molecule has 0 fully saturated rings. The van der Waals surface area contributed by atoms with Crippen molar-refractivity contribution in [3.8, 4) is 5.75 Å². The van der Waals surface area contributed by atoms with Crippen LogP contribution in [0.25, 0.3) is 0 Å². The second-order valence-corrected chi connectivity index (χ2v) is 4.09. The molecule has 1 aromatic carbocycles. The Hall–Kier alpha value is -2.03. The molecule has 0 amide bonds. The van der Waals surface area contributed by atoms with E-state index in [0.717, 1.165) is 31.0 Å². The summed E-state index contributed by atoms with van der Waals surface area (Å²) in [6.07, 6.45) is 4.62. The minimum absolute atomic E-state index is 0.771. The Labute approximate surface area is 108 Å². The van der Waals surface area contributed by atoms with Crippen LogP contribution in [0.1, 0.15) is 18.9 Å². The summed E-state index contributed by atoms with van der Waals surface area (Å²) < 4.78 is 5.54. The molecule has 3 heteroatoms. The Balaban J connectivity index is 1.86. The molecular weight excluding hydrogens is 224 g/mol. The fraction of sp³-hybridized carbons (Fsp3) is 0.267. The minimum atomic E-state index is 0.771. The molecule has 0 unspecified atom stereocenters. The lowest BCUT2D eigenvalue weighted by Crippen LogP contribution is -2.00. The van der Waals surface area contributed by atoms with Crippen LogP contribution in [0.15, 0.2) is 48.8 Å². The molecule has 0 aliphatic heterocycles. The zero-order valence-corrected chi connectivity index (χ0v) is 10.6. The van der Waals surface area contributed by atoms with Gasteiger partial charge in [0.15, 0.2) is 0 Å². The summed E-state index contributed by atoms with van der Waals surface area (Å²) in [5.41, 5.74) is 2.26. The number of nitrogens with zero attached hydrogens (tertiary/aromatic N) is 1. The maximum atomic E-state index is 5.54. The fourth-order valence-electron chi connectivity index (χ4n) is 1.59. The highest BCUT2D eigenvalue weighted by atomic mass is 16.5. The molecular formula is C15H18N2O. The number of pyridine rings is 1. The van der Waals surface area contributed by atoms with E-state index in [1.54, 1.807) is 6.20 Å². The third-order valence-electron chi connectivity index (χ3n) is 2.55. The smallest absolute Gasteiger partial charge is 0.119 e. The molecule has 0 aliphatic carbocycles. The van der Waals surface area contributed by atoms with Crippen LogP contribution in [0.3, 0.4) is 0 Å². The van der Waals surface area contributed by atoms with Crippen LogP contribution >= 0.6 is 0 Å². The van der Waals surface area contributed by atoms with E-state index in [9.17, 15) is 0 Å². The van der Waals surface area contributed by atoms with Gasteiger partial charge < -0.3 is 10.1 Å². The molecule has 1 aromatic heterocycles. The molecule has 2 rings (SSSR count). The molecule has 1 N–H and O–H groups in total. The molecule has 0 saturated carbocycles. The third-order valence-corrected chi connectivity index (χ3v) is 2.55. The molecule has 0 bridgehead atoms.